The maximum absolute atomic E-state index is 11.7. The summed E-state index contributed by atoms with van der Waals surface area (Å²) in [7, 11) is 0. The average molecular weight is 271 g/mol. The van der Waals surface area contributed by atoms with Crippen molar-refractivity contribution in [1.82, 2.24) is 5.32 Å². The van der Waals surface area contributed by atoms with Crippen molar-refractivity contribution in [3.8, 4) is 0 Å². The predicted octanol–water partition coefficient (Wildman–Crippen LogP) is 3.50. The molecule has 0 rings (SSSR count). The van der Waals surface area contributed by atoms with Crippen LogP contribution in [0.4, 0.5) is 0 Å². The zero-order valence-corrected chi connectivity index (χ0v) is 12.4. The Morgan fingerprint density at radius 1 is 1.00 bits per heavy atom. The minimum atomic E-state index is -0.849. The Hall–Kier alpha value is -1.06. The molecule has 1 amide bonds. The number of carbonyl (C=O) groups excluding carboxylic acids is 1. The van der Waals surface area contributed by atoms with E-state index in [0.717, 1.165) is 25.7 Å². The van der Waals surface area contributed by atoms with E-state index >= 15 is 0 Å². The standard InChI is InChI=1S/C15H29NO3/c1-3-5-6-7-8-9-11-14(17)16-13(10-4-2)12-15(18)19/h13H,3-12H2,1-2H3,(H,16,17)(H,18,19). The zero-order chi connectivity index (χ0) is 14.5. The summed E-state index contributed by atoms with van der Waals surface area (Å²) in [6, 6.07) is -0.213. The van der Waals surface area contributed by atoms with Crippen LogP contribution in [0.3, 0.4) is 0 Å². The highest BCUT2D eigenvalue weighted by Crippen LogP contribution is 2.08. The first-order chi connectivity index (χ1) is 9.10. The Kier molecular flexibility index (Phi) is 11.3. The van der Waals surface area contributed by atoms with Crippen LogP contribution >= 0.6 is 0 Å². The van der Waals surface area contributed by atoms with Crippen LogP contribution in [0.2, 0.25) is 0 Å². The number of nitrogens with one attached hydrogen (secondary N) is 1. The molecule has 0 aromatic rings. The number of unbranched alkanes of at least 4 members (excludes halogenated alkanes) is 5. The SMILES string of the molecule is CCCCCCCCC(=O)NC(CCC)CC(=O)O. The van der Waals surface area contributed by atoms with Crippen LogP contribution in [-0.4, -0.2) is 23.0 Å². The van der Waals surface area contributed by atoms with E-state index in [9.17, 15) is 9.59 Å². The number of rotatable bonds is 12. The molecule has 4 heteroatoms. The smallest absolute Gasteiger partial charge is 0.305 e. The first kappa shape index (κ1) is 17.9. The van der Waals surface area contributed by atoms with Crippen molar-refractivity contribution in [1.29, 1.82) is 0 Å². The maximum atomic E-state index is 11.7. The van der Waals surface area contributed by atoms with Crippen LogP contribution in [0.1, 0.15) is 78.1 Å². The molecule has 0 aromatic carbocycles. The summed E-state index contributed by atoms with van der Waals surface area (Å²) < 4.78 is 0. The number of hydrogen-bond donors (Lipinski definition) is 2. The summed E-state index contributed by atoms with van der Waals surface area (Å²) in [4.78, 5) is 22.4. The fourth-order valence-corrected chi connectivity index (χ4v) is 2.15. The molecule has 0 radical (unpaired) electrons. The second kappa shape index (κ2) is 12.0. The number of carboxylic acid groups (broad SMARTS) is 1. The third-order valence-corrected chi connectivity index (χ3v) is 3.18. The van der Waals surface area contributed by atoms with E-state index in [-0.39, 0.29) is 18.4 Å². The molecule has 0 saturated heterocycles. The van der Waals surface area contributed by atoms with Crippen LogP contribution in [0.15, 0.2) is 0 Å². The van der Waals surface area contributed by atoms with Crippen molar-refractivity contribution in [2.75, 3.05) is 0 Å². The predicted molar refractivity (Wildman–Crippen MR) is 77.1 cm³/mol. The van der Waals surface area contributed by atoms with Crippen LogP contribution < -0.4 is 5.32 Å². The Balaban J connectivity index is 3.71. The molecular formula is C15H29NO3. The van der Waals surface area contributed by atoms with Crippen LogP contribution in [0, 0.1) is 0 Å². The molecule has 0 aliphatic heterocycles. The third kappa shape index (κ3) is 11.7. The van der Waals surface area contributed by atoms with Gasteiger partial charge in [-0.05, 0) is 12.8 Å². The lowest BCUT2D eigenvalue weighted by Gasteiger charge is -2.16. The summed E-state index contributed by atoms with van der Waals surface area (Å²) in [6.45, 7) is 4.18. The molecule has 0 heterocycles. The normalized spacial score (nSPS) is 12.1. The van der Waals surface area contributed by atoms with Crippen LogP contribution in [0.25, 0.3) is 0 Å². The van der Waals surface area contributed by atoms with Gasteiger partial charge in [0.25, 0.3) is 0 Å². The van der Waals surface area contributed by atoms with Gasteiger partial charge in [-0.25, -0.2) is 0 Å². The van der Waals surface area contributed by atoms with Gasteiger partial charge in [0.2, 0.25) is 5.91 Å². The molecule has 0 aliphatic rings. The highest BCUT2D eigenvalue weighted by molar-refractivity contribution is 5.77. The molecule has 1 atom stereocenters. The van der Waals surface area contributed by atoms with E-state index in [1.807, 2.05) is 6.92 Å². The number of hydrogen-bond acceptors (Lipinski definition) is 2. The Bertz CT molecular complexity index is 254. The Labute approximate surface area is 117 Å². The third-order valence-electron chi connectivity index (χ3n) is 3.18. The highest BCUT2D eigenvalue weighted by atomic mass is 16.4. The number of carboxylic acids is 1. The lowest BCUT2D eigenvalue weighted by molar-refractivity contribution is -0.137. The van der Waals surface area contributed by atoms with Gasteiger partial charge in [0.15, 0.2) is 0 Å². The number of aliphatic carboxylic acids is 1. The summed E-state index contributed by atoms with van der Waals surface area (Å²) in [5.74, 6) is -0.853. The molecule has 0 bridgehead atoms. The van der Waals surface area contributed by atoms with Crippen molar-refractivity contribution in [3.63, 3.8) is 0 Å². The van der Waals surface area contributed by atoms with E-state index in [4.69, 9.17) is 5.11 Å². The van der Waals surface area contributed by atoms with Crippen molar-refractivity contribution in [2.45, 2.75) is 84.1 Å². The lowest BCUT2D eigenvalue weighted by atomic mass is 10.1. The first-order valence-electron chi connectivity index (χ1n) is 7.61. The molecule has 112 valence electrons. The lowest BCUT2D eigenvalue weighted by Crippen LogP contribution is -2.36. The molecule has 0 aromatic heterocycles. The summed E-state index contributed by atoms with van der Waals surface area (Å²) in [5, 5.41) is 11.6. The fourth-order valence-electron chi connectivity index (χ4n) is 2.15. The van der Waals surface area contributed by atoms with E-state index in [2.05, 4.69) is 12.2 Å². The van der Waals surface area contributed by atoms with Gasteiger partial charge in [-0.2, -0.15) is 0 Å². The Morgan fingerprint density at radius 2 is 1.63 bits per heavy atom. The minimum absolute atomic E-state index is 0.00445. The maximum Gasteiger partial charge on any atom is 0.305 e. The molecule has 0 fully saturated rings. The summed E-state index contributed by atoms with van der Waals surface area (Å²) in [6.07, 6.45) is 9.08. The largest absolute Gasteiger partial charge is 0.481 e. The molecule has 2 N–H and O–H groups in total. The monoisotopic (exact) mass is 271 g/mol. The van der Waals surface area contributed by atoms with Crippen molar-refractivity contribution < 1.29 is 14.7 Å². The molecule has 0 saturated carbocycles. The Morgan fingerprint density at radius 3 is 2.21 bits per heavy atom. The molecule has 0 aliphatic carbocycles. The van der Waals surface area contributed by atoms with E-state index in [1.54, 1.807) is 0 Å². The molecule has 4 nitrogen and oxygen atoms in total. The molecular weight excluding hydrogens is 242 g/mol. The number of carbonyl (C=O) groups is 2. The molecule has 19 heavy (non-hydrogen) atoms. The highest BCUT2D eigenvalue weighted by Gasteiger charge is 2.14. The topological polar surface area (TPSA) is 66.4 Å². The van der Waals surface area contributed by atoms with Gasteiger partial charge in [-0.15, -0.1) is 0 Å². The van der Waals surface area contributed by atoms with Crippen LogP contribution in [0.5, 0.6) is 0 Å². The van der Waals surface area contributed by atoms with Gasteiger partial charge >= 0.3 is 5.97 Å². The molecule has 1 unspecified atom stereocenters. The van der Waals surface area contributed by atoms with E-state index in [0.29, 0.717) is 6.42 Å². The second-order valence-corrected chi connectivity index (χ2v) is 5.17. The van der Waals surface area contributed by atoms with Gasteiger partial charge in [-0.3, -0.25) is 9.59 Å². The number of amides is 1. The van der Waals surface area contributed by atoms with Gasteiger partial charge in [0, 0.05) is 12.5 Å². The zero-order valence-electron chi connectivity index (χ0n) is 12.4. The van der Waals surface area contributed by atoms with E-state index < -0.39 is 5.97 Å². The fraction of sp³-hybridized carbons (Fsp3) is 0.867. The molecule has 0 spiro atoms. The van der Waals surface area contributed by atoms with Crippen molar-refractivity contribution in [3.05, 3.63) is 0 Å². The van der Waals surface area contributed by atoms with E-state index in [1.165, 1.54) is 25.7 Å². The quantitative estimate of drug-likeness (QED) is 0.534. The van der Waals surface area contributed by atoms with Crippen molar-refractivity contribution >= 4 is 11.9 Å². The minimum Gasteiger partial charge on any atom is -0.481 e. The van der Waals surface area contributed by atoms with Crippen LogP contribution in [-0.2, 0) is 9.59 Å². The summed E-state index contributed by atoms with van der Waals surface area (Å²) >= 11 is 0. The second-order valence-electron chi connectivity index (χ2n) is 5.17. The van der Waals surface area contributed by atoms with Crippen molar-refractivity contribution in [2.24, 2.45) is 0 Å². The van der Waals surface area contributed by atoms with Gasteiger partial charge < -0.3 is 10.4 Å². The first-order valence-corrected chi connectivity index (χ1v) is 7.61. The van der Waals surface area contributed by atoms with Gasteiger partial charge in [0.05, 0.1) is 6.42 Å². The summed E-state index contributed by atoms with van der Waals surface area (Å²) in [5.41, 5.74) is 0. The average Bonchev–Trinajstić information content (AvgIpc) is 2.33. The van der Waals surface area contributed by atoms with Gasteiger partial charge in [-0.1, -0.05) is 52.4 Å². The van der Waals surface area contributed by atoms with Gasteiger partial charge in [0.1, 0.15) is 0 Å².